The highest BCUT2D eigenvalue weighted by Crippen LogP contribution is 2.33. The molecule has 0 saturated carbocycles. The normalized spacial score (nSPS) is 12.1. The van der Waals surface area contributed by atoms with Crippen LogP contribution < -0.4 is 10.1 Å². The summed E-state index contributed by atoms with van der Waals surface area (Å²) in [5, 5.41) is 40.3. The van der Waals surface area contributed by atoms with E-state index in [0.29, 0.717) is 28.4 Å². The lowest BCUT2D eigenvalue weighted by molar-refractivity contribution is 0.257. The molecule has 0 saturated heterocycles. The first kappa shape index (κ1) is 22.3. The van der Waals surface area contributed by atoms with Gasteiger partial charge in [0.2, 0.25) is 0 Å². The van der Waals surface area contributed by atoms with E-state index in [4.69, 9.17) is 9.84 Å². The second kappa shape index (κ2) is 11.8. The van der Waals surface area contributed by atoms with Gasteiger partial charge in [0.25, 0.3) is 0 Å². The molecule has 0 unspecified atom stereocenters. The summed E-state index contributed by atoms with van der Waals surface area (Å²) < 4.78 is 5.74. The third kappa shape index (κ3) is 7.99. The average molecular weight is 372 g/mol. The van der Waals surface area contributed by atoms with Gasteiger partial charge in [-0.15, -0.1) is 0 Å². The molecule has 0 heterocycles. The quantitative estimate of drug-likeness (QED) is 0.205. The number of nitrogens with zero attached hydrogens (tertiary/aromatic N) is 1. The summed E-state index contributed by atoms with van der Waals surface area (Å²) >= 11 is 0. The van der Waals surface area contributed by atoms with Crippen molar-refractivity contribution in [2.24, 2.45) is 5.92 Å². The van der Waals surface area contributed by atoms with Crippen molar-refractivity contribution in [3.8, 4) is 23.3 Å². The zero-order chi connectivity index (χ0) is 20.2. The molecule has 0 radical (unpaired) electrons. The van der Waals surface area contributed by atoms with Crippen molar-refractivity contribution in [2.45, 2.75) is 33.2 Å². The fourth-order valence-electron chi connectivity index (χ4n) is 2.29. The van der Waals surface area contributed by atoms with Crippen LogP contribution in [0.15, 0.2) is 48.1 Å². The summed E-state index contributed by atoms with van der Waals surface area (Å²) in [5.41, 5.74) is 1.83. The standard InChI is InChI=1S/C21H28N2O4/c1-4-16(8-17(11-22)7-5-6-15(2)3)13-27-21-10-20(26)19(25)9-18(21)12-23-14-24/h4,7-10,15,23-26H,1,5-6,12-14H2,2-3H3/b16-8+,17-7+. The number of hydrogen-bond donors (Lipinski definition) is 4. The Morgan fingerprint density at radius 3 is 2.63 bits per heavy atom. The largest absolute Gasteiger partial charge is 0.504 e. The maximum atomic E-state index is 9.71. The van der Waals surface area contributed by atoms with Crippen LogP contribution in [0.2, 0.25) is 0 Å². The Hall–Kier alpha value is -2.75. The molecule has 6 nitrogen and oxygen atoms in total. The maximum absolute atomic E-state index is 9.71. The molecule has 27 heavy (non-hydrogen) atoms. The van der Waals surface area contributed by atoms with E-state index in [1.54, 1.807) is 12.2 Å². The lowest BCUT2D eigenvalue weighted by Crippen LogP contribution is -2.15. The number of aliphatic hydroxyl groups is 1. The number of rotatable bonds is 11. The Balaban J connectivity index is 2.91. The lowest BCUT2D eigenvalue weighted by Gasteiger charge is -2.13. The smallest absolute Gasteiger partial charge is 0.161 e. The summed E-state index contributed by atoms with van der Waals surface area (Å²) in [6.45, 7) is 8.19. The monoisotopic (exact) mass is 372 g/mol. The molecule has 0 amide bonds. The van der Waals surface area contributed by atoms with Gasteiger partial charge in [-0.25, -0.2) is 0 Å². The minimum absolute atomic E-state index is 0.142. The number of phenols is 2. The molecule has 0 bridgehead atoms. The molecule has 0 aliphatic rings. The van der Waals surface area contributed by atoms with Crippen LogP contribution in [-0.2, 0) is 6.54 Å². The highest BCUT2D eigenvalue weighted by atomic mass is 16.5. The summed E-state index contributed by atoms with van der Waals surface area (Å²) in [5.74, 6) is 0.367. The highest BCUT2D eigenvalue weighted by Gasteiger charge is 2.10. The number of hydrogen-bond acceptors (Lipinski definition) is 6. The first-order valence-corrected chi connectivity index (χ1v) is 8.83. The number of ether oxygens (including phenoxy) is 1. The first-order valence-electron chi connectivity index (χ1n) is 8.83. The van der Waals surface area contributed by atoms with Crippen LogP contribution in [-0.4, -0.2) is 28.7 Å². The van der Waals surface area contributed by atoms with Crippen LogP contribution in [0, 0.1) is 17.2 Å². The van der Waals surface area contributed by atoms with Gasteiger partial charge in [0.05, 0.1) is 12.8 Å². The van der Waals surface area contributed by atoms with Gasteiger partial charge in [0.1, 0.15) is 12.4 Å². The Morgan fingerprint density at radius 1 is 1.33 bits per heavy atom. The first-order chi connectivity index (χ1) is 12.9. The SMILES string of the molecule is C=C/C(=C\C(C#N)=C/CCC(C)C)COc1cc(O)c(O)cc1CNCO. The minimum atomic E-state index is -0.298. The van der Waals surface area contributed by atoms with Crippen molar-refractivity contribution in [1.29, 1.82) is 5.26 Å². The number of benzene rings is 1. The van der Waals surface area contributed by atoms with Gasteiger partial charge in [-0.1, -0.05) is 32.6 Å². The Morgan fingerprint density at radius 2 is 2.04 bits per heavy atom. The summed E-state index contributed by atoms with van der Waals surface area (Å²) in [7, 11) is 0. The van der Waals surface area contributed by atoms with E-state index >= 15 is 0 Å². The molecule has 4 N–H and O–H groups in total. The van der Waals surface area contributed by atoms with Crippen molar-refractivity contribution < 1.29 is 20.1 Å². The fourth-order valence-corrected chi connectivity index (χ4v) is 2.29. The number of nitriles is 1. The summed E-state index contributed by atoms with van der Waals surface area (Å²) in [4.78, 5) is 0. The van der Waals surface area contributed by atoms with E-state index in [9.17, 15) is 15.5 Å². The maximum Gasteiger partial charge on any atom is 0.161 e. The molecule has 146 valence electrons. The van der Waals surface area contributed by atoms with Gasteiger partial charge in [-0.2, -0.15) is 5.26 Å². The number of allylic oxidation sites excluding steroid dienone is 3. The second-order valence-corrected chi connectivity index (χ2v) is 6.49. The molecular formula is C21H28N2O4. The Labute approximate surface area is 160 Å². The van der Waals surface area contributed by atoms with E-state index in [2.05, 4.69) is 31.8 Å². The molecule has 6 heteroatoms. The van der Waals surface area contributed by atoms with Crippen molar-refractivity contribution in [3.63, 3.8) is 0 Å². The van der Waals surface area contributed by atoms with Crippen molar-refractivity contribution in [3.05, 3.63) is 53.6 Å². The van der Waals surface area contributed by atoms with Crippen LogP contribution in [0.25, 0.3) is 0 Å². The topological polar surface area (TPSA) is 106 Å². The number of aliphatic hydroxyl groups excluding tert-OH is 1. The predicted octanol–water partition coefficient (Wildman–Crippen LogP) is 3.51. The summed E-state index contributed by atoms with van der Waals surface area (Å²) in [6.07, 6.45) is 7.06. The molecule has 0 aliphatic carbocycles. The van der Waals surface area contributed by atoms with E-state index in [1.807, 2.05) is 6.08 Å². The van der Waals surface area contributed by atoms with Gasteiger partial charge < -0.3 is 20.1 Å². The van der Waals surface area contributed by atoms with Gasteiger partial charge in [0, 0.05) is 23.7 Å². The minimum Gasteiger partial charge on any atom is -0.504 e. The molecule has 1 aromatic carbocycles. The number of phenolic OH excluding ortho intramolecular Hbond substituents is 2. The molecule has 0 aromatic heterocycles. The van der Waals surface area contributed by atoms with Crippen molar-refractivity contribution in [1.82, 2.24) is 5.32 Å². The van der Waals surface area contributed by atoms with Crippen LogP contribution in [0.5, 0.6) is 17.2 Å². The molecule has 0 aliphatic heterocycles. The Bertz CT molecular complexity index is 730. The highest BCUT2D eigenvalue weighted by molar-refractivity contribution is 5.49. The van der Waals surface area contributed by atoms with Crippen molar-refractivity contribution >= 4 is 0 Å². The van der Waals surface area contributed by atoms with E-state index in [-0.39, 0.29) is 31.4 Å². The average Bonchev–Trinajstić information content (AvgIpc) is 2.64. The second-order valence-electron chi connectivity index (χ2n) is 6.49. The van der Waals surface area contributed by atoms with E-state index in [1.165, 1.54) is 12.1 Å². The molecule has 0 fully saturated rings. The molecular weight excluding hydrogens is 344 g/mol. The van der Waals surface area contributed by atoms with Crippen LogP contribution in [0.1, 0.15) is 32.3 Å². The van der Waals surface area contributed by atoms with E-state index < -0.39 is 0 Å². The molecule has 1 aromatic rings. The van der Waals surface area contributed by atoms with Crippen LogP contribution >= 0.6 is 0 Å². The zero-order valence-electron chi connectivity index (χ0n) is 15.9. The van der Waals surface area contributed by atoms with Crippen LogP contribution in [0.3, 0.4) is 0 Å². The zero-order valence-corrected chi connectivity index (χ0v) is 15.9. The predicted molar refractivity (Wildman–Crippen MR) is 105 cm³/mol. The fraction of sp³-hybridized carbons (Fsp3) is 0.381. The van der Waals surface area contributed by atoms with Gasteiger partial charge in [-0.3, -0.25) is 5.32 Å². The molecule has 0 atom stereocenters. The third-order valence-electron chi connectivity index (χ3n) is 3.82. The number of nitrogens with one attached hydrogen (secondary N) is 1. The summed E-state index contributed by atoms with van der Waals surface area (Å²) in [6, 6.07) is 4.85. The van der Waals surface area contributed by atoms with Gasteiger partial charge >= 0.3 is 0 Å². The number of aromatic hydroxyl groups is 2. The van der Waals surface area contributed by atoms with Gasteiger partial charge in [-0.05, 0) is 36.5 Å². The molecule has 0 spiro atoms. The van der Waals surface area contributed by atoms with Crippen LogP contribution in [0.4, 0.5) is 0 Å². The van der Waals surface area contributed by atoms with Gasteiger partial charge in [0.15, 0.2) is 11.5 Å². The van der Waals surface area contributed by atoms with E-state index in [0.717, 1.165) is 12.8 Å². The third-order valence-corrected chi connectivity index (χ3v) is 3.82. The lowest BCUT2D eigenvalue weighted by atomic mass is 10.1. The van der Waals surface area contributed by atoms with Crippen molar-refractivity contribution in [2.75, 3.05) is 13.3 Å². The Kier molecular flexibility index (Phi) is 9.73. The molecule has 1 rings (SSSR count).